The fourth-order valence-electron chi connectivity index (χ4n) is 1.89. The number of hydrogen-bond donors (Lipinski definition) is 3. The predicted molar refractivity (Wildman–Crippen MR) is 77.3 cm³/mol. The van der Waals surface area contributed by atoms with Crippen molar-refractivity contribution in [1.82, 2.24) is 10.7 Å². The zero-order valence-electron chi connectivity index (χ0n) is 10.6. The van der Waals surface area contributed by atoms with Gasteiger partial charge in [0.05, 0.1) is 6.21 Å². The Morgan fingerprint density at radius 2 is 2.35 bits per heavy atom. The van der Waals surface area contributed by atoms with E-state index in [-0.39, 0.29) is 11.7 Å². The predicted octanol–water partition coefficient (Wildman–Crippen LogP) is 1.13. The first kappa shape index (κ1) is 14.5. The minimum atomic E-state index is -0.697. The SMILES string of the molecule is O=C1NCCCC1C(=O)N/N=C/c1cc(Br)ccc1O. The zero-order valence-corrected chi connectivity index (χ0v) is 12.2. The molecule has 1 aromatic carbocycles. The standard InChI is InChI=1S/C13H14BrN3O3/c14-9-3-4-11(18)8(6-9)7-16-17-13(20)10-2-1-5-15-12(10)19/h3-4,6-7,10,18H,1-2,5H2,(H,15,19)(H,17,20)/b16-7+. The molecule has 20 heavy (non-hydrogen) atoms. The number of amides is 2. The van der Waals surface area contributed by atoms with E-state index in [1.165, 1.54) is 12.3 Å². The van der Waals surface area contributed by atoms with Crippen molar-refractivity contribution in [2.75, 3.05) is 6.54 Å². The Labute approximate surface area is 124 Å². The van der Waals surface area contributed by atoms with Gasteiger partial charge in [0.2, 0.25) is 5.91 Å². The summed E-state index contributed by atoms with van der Waals surface area (Å²) in [5, 5.41) is 16.0. The number of carbonyl (C=O) groups excluding carboxylic acids is 2. The number of hydrogen-bond acceptors (Lipinski definition) is 4. The Kier molecular flexibility index (Phi) is 4.73. The molecule has 1 aromatic rings. The molecule has 6 nitrogen and oxygen atoms in total. The van der Waals surface area contributed by atoms with Crippen molar-refractivity contribution in [3.63, 3.8) is 0 Å². The molecule has 2 rings (SSSR count). The van der Waals surface area contributed by atoms with Crippen LogP contribution in [0.25, 0.3) is 0 Å². The summed E-state index contributed by atoms with van der Waals surface area (Å²) in [5.41, 5.74) is 2.79. The van der Waals surface area contributed by atoms with Crippen molar-refractivity contribution in [2.45, 2.75) is 12.8 Å². The smallest absolute Gasteiger partial charge is 0.252 e. The van der Waals surface area contributed by atoms with Gasteiger partial charge in [-0.1, -0.05) is 15.9 Å². The second kappa shape index (κ2) is 6.51. The normalized spacial score (nSPS) is 18.9. The first-order chi connectivity index (χ1) is 9.58. The van der Waals surface area contributed by atoms with Gasteiger partial charge in [0.25, 0.3) is 5.91 Å². The molecule has 3 N–H and O–H groups in total. The molecule has 1 fully saturated rings. The van der Waals surface area contributed by atoms with Crippen molar-refractivity contribution in [3.05, 3.63) is 28.2 Å². The summed E-state index contributed by atoms with van der Waals surface area (Å²) in [6, 6.07) is 4.87. The molecule has 1 aliphatic heterocycles. The Morgan fingerprint density at radius 1 is 1.55 bits per heavy atom. The number of benzene rings is 1. The van der Waals surface area contributed by atoms with Crippen LogP contribution in [0.3, 0.4) is 0 Å². The maximum absolute atomic E-state index is 11.8. The lowest BCUT2D eigenvalue weighted by Crippen LogP contribution is -2.43. The summed E-state index contributed by atoms with van der Waals surface area (Å²) in [7, 11) is 0. The first-order valence-electron chi connectivity index (χ1n) is 6.17. The number of halogens is 1. The van der Waals surface area contributed by atoms with E-state index >= 15 is 0 Å². The minimum absolute atomic E-state index is 0.0570. The first-order valence-corrected chi connectivity index (χ1v) is 6.96. The van der Waals surface area contributed by atoms with Crippen LogP contribution in [0.2, 0.25) is 0 Å². The largest absolute Gasteiger partial charge is 0.507 e. The van der Waals surface area contributed by atoms with Gasteiger partial charge in [-0.25, -0.2) is 5.43 Å². The molecule has 7 heteroatoms. The number of nitrogens with one attached hydrogen (secondary N) is 2. The molecule has 2 amide bonds. The van der Waals surface area contributed by atoms with Gasteiger partial charge in [-0.3, -0.25) is 9.59 Å². The highest BCUT2D eigenvalue weighted by Crippen LogP contribution is 2.20. The maximum Gasteiger partial charge on any atom is 0.252 e. The van der Waals surface area contributed by atoms with Crippen LogP contribution in [-0.4, -0.2) is 29.7 Å². The van der Waals surface area contributed by atoms with E-state index in [4.69, 9.17) is 0 Å². The topological polar surface area (TPSA) is 90.8 Å². The number of phenolic OH excluding ortho intramolecular Hbond substituents is 1. The number of piperidine rings is 1. The molecule has 1 atom stereocenters. The minimum Gasteiger partial charge on any atom is -0.507 e. The van der Waals surface area contributed by atoms with Crippen LogP contribution >= 0.6 is 15.9 Å². The molecule has 0 bridgehead atoms. The van der Waals surface area contributed by atoms with E-state index in [0.717, 1.165) is 10.9 Å². The number of aromatic hydroxyl groups is 1. The fourth-order valence-corrected chi connectivity index (χ4v) is 2.27. The molecule has 0 saturated carbocycles. The van der Waals surface area contributed by atoms with Gasteiger partial charge in [0.1, 0.15) is 11.7 Å². The number of nitrogens with zero attached hydrogens (tertiary/aromatic N) is 1. The average Bonchev–Trinajstić information content (AvgIpc) is 2.43. The van der Waals surface area contributed by atoms with Crippen LogP contribution in [0.15, 0.2) is 27.8 Å². The number of carbonyl (C=O) groups is 2. The average molecular weight is 340 g/mol. The van der Waals surface area contributed by atoms with Gasteiger partial charge in [0.15, 0.2) is 0 Å². The monoisotopic (exact) mass is 339 g/mol. The third kappa shape index (κ3) is 3.57. The van der Waals surface area contributed by atoms with Crippen LogP contribution in [-0.2, 0) is 9.59 Å². The van der Waals surface area contributed by atoms with Gasteiger partial charge < -0.3 is 10.4 Å². The molecular formula is C13H14BrN3O3. The highest BCUT2D eigenvalue weighted by molar-refractivity contribution is 9.10. The fraction of sp³-hybridized carbons (Fsp3) is 0.308. The Hall–Kier alpha value is -1.89. The highest BCUT2D eigenvalue weighted by Gasteiger charge is 2.28. The van der Waals surface area contributed by atoms with Gasteiger partial charge in [-0.05, 0) is 31.0 Å². The van der Waals surface area contributed by atoms with Crippen molar-refractivity contribution >= 4 is 34.0 Å². The molecule has 0 aromatic heterocycles. The molecule has 0 radical (unpaired) electrons. The van der Waals surface area contributed by atoms with Crippen molar-refractivity contribution < 1.29 is 14.7 Å². The summed E-state index contributed by atoms with van der Waals surface area (Å²) in [6.45, 7) is 0.609. The second-order valence-electron chi connectivity index (χ2n) is 4.42. The lowest BCUT2D eigenvalue weighted by Gasteiger charge is -2.19. The molecule has 1 unspecified atom stereocenters. The molecule has 0 aliphatic carbocycles. The summed E-state index contributed by atoms with van der Waals surface area (Å²) in [6.07, 6.45) is 2.63. The van der Waals surface area contributed by atoms with E-state index in [0.29, 0.717) is 18.5 Å². The van der Waals surface area contributed by atoms with Crippen LogP contribution in [0, 0.1) is 5.92 Å². The lowest BCUT2D eigenvalue weighted by atomic mass is 9.98. The Bertz CT molecular complexity index is 560. The van der Waals surface area contributed by atoms with Gasteiger partial charge in [-0.2, -0.15) is 5.10 Å². The van der Waals surface area contributed by atoms with Crippen LogP contribution in [0.1, 0.15) is 18.4 Å². The van der Waals surface area contributed by atoms with Gasteiger partial charge in [-0.15, -0.1) is 0 Å². The van der Waals surface area contributed by atoms with Crippen molar-refractivity contribution in [2.24, 2.45) is 11.0 Å². The Morgan fingerprint density at radius 3 is 3.10 bits per heavy atom. The quantitative estimate of drug-likeness (QED) is 0.438. The number of rotatable bonds is 3. The number of phenols is 1. The van der Waals surface area contributed by atoms with E-state index in [2.05, 4.69) is 31.8 Å². The molecule has 1 aliphatic rings. The van der Waals surface area contributed by atoms with Gasteiger partial charge in [0, 0.05) is 16.6 Å². The van der Waals surface area contributed by atoms with E-state index < -0.39 is 11.8 Å². The molecule has 1 heterocycles. The third-order valence-electron chi connectivity index (χ3n) is 2.97. The van der Waals surface area contributed by atoms with E-state index in [9.17, 15) is 14.7 Å². The second-order valence-corrected chi connectivity index (χ2v) is 5.34. The highest BCUT2D eigenvalue weighted by atomic mass is 79.9. The summed E-state index contributed by atoms with van der Waals surface area (Å²) < 4.78 is 0.787. The Balaban J connectivity index is 1.97. The molecule has 0 spiro atoms. The van der Waals surface area contributed by atoms with E-state index in [1.807, 2.05) is 0 Å². The van der Waals surface area contributed by atoms with Crippen LogP contribution in [0.5, 0.6) is 5.75 Å². The molecule has 1 saturated heterocycles. The van der Waals surface area contributed by atoms with Crippen molar-refractivity contribution in [3.8, 4) is 5.75 Å². The maximum atomic E-state index is 11.8. The third-order valence-corrected chi connectivity index (χ3v) is 3.46. The van der Waals surface area contributed by atoms with E-state index in [1.54, 1.807) is 12.1 Å². The summed E-state index contributed by atoms with van der Waals surface area (Å²) >= 11 is 3.27. The summed E-state index contributed by atoms with van der Waals surface area (Å²) in [5.74, 6) is -1.35. The zero-order chi connectivity index (χ0) is 14.5. The van der Waals surface area contributed by atoms with Crippen LogP contribution < -0.4 is 10.7 Å². The number of hydrazone groups is 1. The summed E-state index contributed by atoms with van der Waals surface area (Å²) in [4.78, 5) is 23.3. The lowest BCUT2D eigenvalue weighted by molar-refractivity contribution is -0.136. The van der Waals surface area contributed by atoms with Crippen molar-refractivity contribution in [1.29, 1.82) is 0 Å². The van der Waals surface area contributed by atoms with Crippen LogP contribution in [0.4, 0.5) is 0 Å². The van der Waals surface area contributed by atoms with Gasteiger partial charge >= 0.3 is 0 Å². The molecular weight excluding hydrogens is 326 g/mol. The molecule has 106 valence electrons.